The SMILES string of the molecule is C[C@@H]1[C@H](Nc2n[nH]c3nccc(-c4ccc(CNC(=O)c5noc(C(C)(C)C)n5)c(F)c4)c23)CCCN1C(=O)C#N. The topological polar surface area (TPSA) is 166 Å². The number of nitrogens with zero attached hydrogens (tertiary/aromatic N) is 6. The molecule has 1 saturated heterocycles. The fraction of sp³-hybridized carbons (Fsp3) is 0.393. The Balaban J connectivity index is 1.35. The number of fused-ring (bicyclic) bond motifs is 1. The summed E-state index contributed by atoms with van der Waals surface area (Å²) in [5.41, 5.74) is 1.71. The van der Waals surface area contributed by atoms with Crippen molar-refractivity contribution in [1.29, 1.82) is 5.26 Å². The molecule has 0 aliphatic carbocycles. The molecule has 212 valence electrons. The zero-order valence-corrected chi connectivity index (χ0v) is 23.2. The summed E-state index contributed by atoms with van der Waals surface area (Å²) in [5, 5.41) is 26.9. The number of hydrogen-bond donors (Lipinski definition) is 3. The minimum atomic E-state index is -0.565. The number of piperidine rings is 1. The van der Waals surface area contributed by atoms with Gasteiger partial charge in [0.1, 0.15) is 5.82 Å². The van der Waals surface area contributed by atoms with Gasteiger partial charge in [-0.2, -0.15) is 15.3 Å². The quantitative estimate of drug-likeness (QED) is 0.299. The Morgan fingerprint density at radius 3 is 2.80 bits per heavy atom. The molecule has 1 aromatic carbocycles. The number of carbonyl (C=O) groups is 2. The van der Waals surface area contributed by atoms with Gasteiger partial charge in [0.15, 0.2) is 17.5 Å². The summed E-state index contributed by atoms with van der Waals surface area (Å²) in [6.07, 6.45) is 3.15. The molecule has 0 spiro atoms. The van der Waals surface area contributed by atoms with Crippen LogP contribution in [0.4, 0.5) is 10.2 Å². The number of carbonyl (C=O) groups excluding carboxylic acids is 2. The van der Waals surface area contributed by atoms with Gasteiger partial charge in [0.2, 0.25) is 5.89 Å². The second-order valence-electron chi connectivity index (χ2n) is 11.1. The molecule has 13 heteroatoms. The lowest BCUT2D eigenvalue weighted by atomic mass is 9.96. The summed E-state index contributed by atoms with van der Waals surface area (Å²) in [4.78, 5) is 34.6. The van der Waals surface area contributed by atoms with Crippen molar-refractivity contribution in [2.45, 2.75) is 64.6 Å². The van der Waals surface area contributed by atoms with E-state index in [0.717, 1.165) is 12.8 Å². The van der Waals surface area contributed by atoms with E-state index in [1.165, 1.54) is 6.07 Å². The smallest absolute Gasteiger partial charge is 0.325 e. The molecule has 5 rings (SSSR count). The summed E-state index contributed by atoms with van der Waals surface area (Å²) in [6.45, 7) is 8.03. The van der Waals surface area contributed by atoms with Gasteiger partial charge in [-0.3, -0.25) is 14.7 Å². The number of pyridine rings is 1. The van der Waals surface area contributed by atoms with E-state index in [1.54, 1.807) is 35.4 Å². The van der Waals surface area contributed by atoms with Crippen molar-refractivity contribution in [2.75, 3.05) is 11.9 Å². The van der Waals surface area contributed by atoms with E-state index in [1.807, 2.05) is 27.7 Å². The normalized spacial score (nSPS) is 17.3. The fourth-order valence-corrected chi connectivity index (χ4v) is 4.89. The maximum absolute atomic E-state index is 15.2. The molecule has 12 nitrogen and oxygen atoms in total. The van der Waals surface area contributed by atoms with Gasteiger partial charge in [-0.1, -0.05) is 38.1 Å². The second-order valence-corrected chi connectivity index (χ2v) is 11.1. The van der Waals surface area contributed by atoms with Gasteiger partial charge < -0.3 is 20.1 Å². The Kier molecular flexibility index (Phi) is 7.40. The van der Waals surface area contributed by atoms with Crippen molar-refractivity contribution in [2.24, 2.45) is 0 Å². The van der Waals surface area contributed by atoms with Crippen LogP contribution in [0.15, 0.2) is 35.0 Å². The largest absolute Gasteiger partial charge is 0.363 e. The summed E-state index contributed by atoms with van der Waals surface area (Å²) < 4.78 is 20.4. The van der Waals surface area contributed by atoms with Crippen LogP contribution in [-0.2, 0) is 16.8 Å². The number of aromatic amines is 1. The van der Waals surface area contributed by atoms with Crippen LogP contribution in [0.5, 0.6) is 0 Å². The van der Waals surface area contributed by atoms with Crippen LogP contribution in [0.3, 0.4) is 0 Å². The molecule has 41 heavy (non-hydrogen) atoms. The van der Waals surface area contributed by atoms with Crippen molar-refractivity contribution in [3.05, 3.63) is 53.6 Å². The molecule has 0 bridgehead atoms. The van der Waals surface area contributed by atoms with Gasteiger partial charge in [0.05, 0.1) is 11.4 Å². The van der Waals surface area contributed by atoms with Gasteiger partial charge in [-0.05, 0) is 43.0 Å². The average Bonchev–Trinajstić information content (AvgIpc) is 3.61. The highest BCUT2D eigenvalue weighted by molar-refractivity contribution is 6.00. The average molecular weight is 560 g/mol. The number of likely N-dealkylation sites (tertiary alicyclic amines) is 1. The van der Waals surface area contributed by atoms with E-state index in [-0.39, 0.29) is 30.0 Å². The molecule has 1 aliphatic heterocycles. The number of hydrogen-bond acceptors (Lipinski definition) is 9. The number of aromatic nitrogens is 5. The third-order valence-electron chi connectivity index (χ3n) is 7.20. The van der Waals surface area contributed by atoms with Gasteiger partial charge in [-0.15, -0.1) is 0 Å². The van der Waals surface area contributed by atoms with Crippen LogP contribution < -0.4 is 10.6 Å². The molecule has 0 radical (unpaired) electrons. The number of halogens is 1. The van der Waals surface area contributed by atoms with Gasteiger partial charge in [-0.25, -0.2) is 9.37 Å². The number of benzene rings is 1. The highest BCUT2D eigenvalue weighted by Gasteiger charge is 2.32. The van der Waals surface area contributed by atoms with Crippen molar-refractivity contribution in [1.82, 2.24) is 35.5 Å². The Morgan fingerprint density at radius 1 is 1.29 bits per heavy atom. The number of nitrogens with one attached hydrogen (secondary N) is 3. The predicted molar refractivity (Wildman–Crippen MR) is 147 cm³/mol. The molecule has 0 saturated carbocycles. The van der Waals surface area contributed by atoms with Crippen LogP contribution in [0.2, 0.25) is 0 Å². The molecule has 2 atom stereocenters. The number of rotatable bonds is 6. The zero-order chi connectivity index (χ0) is 29.3. The zero-order valence-electron chi connectivity index (χ0n) is 23.2. The number of amides is 2. The summed E-state index contributed by atoms with van der Waals surface area (Å²) in [6, 6.07) is 7.89. The van der Waals surface area contributed by atoms with Crippen LogP contribution >= 0.6 is 0 Å². The lowest BCUT2D eigenvalue weighted by molar-refractivity contribution is -0.128. The minimum Gasteiger partial charge on any atom is -0.363 e. The maximum atomic E-state index is 15.2. The number of anilines is 1. The van der Waals surface area contributed by atoms with E-state index in [2.05, 4.69) is 36.0 Å². The first-order valence-electron chi connectivity index (χ1n) is 13.3. The van der Waals surface area contributed by atoms with E-state index in [4.69, 9.17) is 9.78 Å². The highest BCUT2D eigenvalue weighted by atomic mass is 19.1. The number of nitriles is 1. The van der Waals surface area contributed by atoms with Crippen LogP contribution in [-0.4, -0.2) is 60.7 Å². The molecule has 3 N–H and O–H groups in total. The van der Waals surface area contributed by atoms with E-state index in [0.29, 0.717) is 40.4 Å². The minimum absolute atomic E-state index is 0.0634. The molecule has 3 aromatic heterocycles. The monoisotopic (exact) mass is 559 g/mol. The molecule has 0 unspecified atom stereocenters. The third-order valence-corrected chi connectivity index (χ3v) is 7.20. The lowest BCUT2D eigenvalue weighted by Crippen LogP contribution is -2.51. The Labute approximate surface area is 235 Å². The van der Waals surface area contributed by atoms with Crippen molar-refractivity contribution >= 4 is 28.7 Å². The van der Waals surface area contributed by atoms with Gasteiger partial charge >= 0.3 is 5.91 Å². The first-order chi connectivity index (χ1) is 19.6. The Hall–Kier alpha value is -4.86. The summed E-state index contributed by atoms with van der Waals surface area (Å²) in [5.74, 6) is -0.875. The Morgan fingerprint density at radius 2 is 2.10 bits per heavy atom. The number of H-pyrrole nitrogens is 1. The standard InChI is InChI=1S/C28H30FN9O3/c1-15-20(6-5-11-38(15)21(39)13-30)33-24-22-18(9-10-31-23(22)35-36-24)16-7-8-17(19(29)12-16)14-32-26(40)25-34-27(41-37-25)28(2,3)4/h7-10,12,15,20H,5-6,11,14H2,1-4H3,(H,32,40)(H2,31,33,35,36)/t15-,20-/m1/s1. The van der Waals surface area contributed by atoms with E-state index in [9.17, 15) is 9.59 Å². The molecule has 1 aliphatic rings. The molecular weight excluding hydrogens is 529 g/mol. The maximum Gasteiger partial charge on any atom is 0.325 e. The Bertz CT molecular complexity index is 1650. The molecule has 4 heterocycles. The molecule has 1 fully saturated rings. The van der Waals surface area contributed by atoms with Crippen LogP contribution in [0.25, 0.3) is 22.2 Å². The van der Waals surface area contributed by atoms with Gasteiger partial charge in [0, 0.05) is 36.3 Å². The second kappa shape index (κ2) is 11.0. The molecule has 2 amide bonds. The molecule has 4 aromatic rings. The third kappa shape index (κ3) is 5.58. The fourth-order valence-electron chi connectivity index (χ4n) is 4.89. The van der Waals surface area contributed by atoms with Crippen molar-refractivity contribution in [3.63, 3.8) is 0 Å². The summed E-state index contributed by atoms with van der Waals surface area (Å²) >= 11 is 0. The first kappa shape index (κ1) is 27.7. The van der Waals surface area contributed by atoms with E-state index >= 15 is 4.39 Å². The molecular formula is C28H30FN9O3. The van der Waals surface area contributed by atoms with Crippen molar-refractivity contribution < 1.29 is 18.5 Å². The van der Waals surface area contributed by atoms with E-state index < -0.39 is 23.0 Å². The summed E-state index contributed by atoms with van der Waals surface area (Å²) in [7, 11) is 0. The van der Waals surface area contributed by atoms with Crippen LogP contribution in [0.1, 0.15) is 62.6 Å². The van der Waals surface area contributed by atoms with Crippen molar-refractivity contribution in [3.8, 4) is 17.2 Å². The van der Waals surface area contributed by atoms with Gasteiger partial charge in [0.25, 0.3) is 11.7 Å². The highest BCUT2D eigenvalue weighted by Crippen LogP contribution is 2.34. The lowest BCUT2D eigenvalue weighted by Gasteiger charge is -2.38. The first-order valence-corrected chi connectivity index (χ1v) is 13.3. The predicted octanol–water partition coefficient (Wildman–Crippen LogP) is 3.69. The van der Waals surface area contributed by atoms with Crippen LogP contribution in [0, 0.1) is 17.1 Å².